The summed E-state index contributed by atoms with van der Waals surface area (Å²) in [4.78, 5) is 5.22. The Bertz CT molecular complexity index is 3630. The molecule has 4 heteroatoms. The van der Waals surface area contributed by atoms with Crippen LogP contribution < -0.4 is 15.1 Å². The zero-order valence-corrected chi connectivity index (χ0v) is 33.8. The highest BCUT2D eigenvalue weighted by molar-refractivity contribution is 6.08. The monoisotopic (exact) mass is 791 g/mol. The molecule has 0 aliphatic heterocycles. The fraction of sp³-hybridized carbons (Fsp3) is 0.0345. The van der Waals surface area contributed by atoms with E-state index in [0.717, 1.165) is 33.9 Å². The highest BCUT2D eigenvalue weighted by Crippen LogP contribution is 2.55. The number of fused-ring (bicyclic) bond motifs is 13. The van der Waals surface area contributed by atoms with Gasteiger partial charge in [-0.05, 0) is 81.9 Å². The summed E-state index contributed by atoms with van der Waals surface area (Å²) in [6.07, 6.45) is 13.5. The first-order chi connectivity index (χ1) is 30.8. The zero-order valence-electron chi connectivity index (χ0n) is 33.8. The molecule has 7 aromatic carbocycles. The van der Waals surface area contributed by atoms with Gasteiger partial charge in [0, 0.05) is 50.3 Å². The molecule has 0 saturated heterocycles. The van der Waals surface area contributed by atoms with Gasteiger partial charge < -0.3 is 9.13 Å². The number of rotatable bonds is 5. The maximum atomic E-state index is 5.22. The van der Waals surface area contributed by atoms with E-state index in [4.69, 9.17) is 4.98 Å². The van der Waals surface area contributed by atoms with Crippen LogP contribution in [0.2, 0.25) is 0 Å². The Kier molecular flexibility index (Phi) is 7.70. The summed E-state index contributed by atoms with van der Waals surface area (Å²) < 4.78 is 7.26. The van der Waals surface area contributed by atoms with Crippen LogP contribution in [-0.2, 0) is 0 Å². The molecule has 0 amide bonds. The summed E-state index contributed by atoms with van der Waals surface area (Å²) in [5.41, 5.74) is 16.9. The van der Waals surface area contributed by atoms with Crippen molar-refractivity contribution in [2.24, 2.45) is 5.92 Å². The number of hydrogen-bond donors (Lipinski definition) is 0. The lowest BCUT2D eigenvalue weighted by Gasteiger charge is -2.38. The molecular weight excluding hydrogens is 753 g/mol. The van der Waals surface area contributed by atoms with Gasteiger partial charge in [-0.25, -0.2) is 0 Å². The van der Waals surface area contributed by atoms with E-state index in [2.05, 4.69) is 232 Å². The fourth-order valence-corrected chi connectivity index (χ4v) is 10.7. The first-order valence-corrected chi connectivity index (χ1v) is 21.5. The molecule has 2 unspecified atom stereocenters. The van der Waals surface area contributed by atoms with Crippen LogP contribution in [0, 0.1) is 5.92 Å². The van der Waals surface area contributed by atoms with Gasteiger partial charge in [0.1, 0.15) is 11.9 Å². The standard InChI is InChI=1S/C58H39N4/c1-4-19-38(20-5-1)40-36-59-58(60(37-40)41-22-6-2-7-23-41)39-21-18-26-43(35-39)62-51-34-17-15-32-49(51)54-55-52(45-28-11-13-30-47(45)57(54)62)44-27-10-12-29-46(44)56-53(55)48-31-14-16-33-50(48)61(56)42-24-8-3-9-25-42/h1-37,44,52H/q+1. The average molecular weight is 792 g/mol. The van der Waals surface area contributed by atoms with E-state index < -0.39 is 0 Å². The van der Waals surface area contributed by atoms with E-state index in [1.807, 2.05) is 6.20 Å². The number of aromatic nitrogens is 4. The lowest BCUT2D eigenvalue weighted by Crippen LogP contribution is -2.42. The molecule has 3 aliphatic carbocycles. The first-order valence-electron chi connectivity index (χ1n) is 21.5. The van der Waals surface area contributed by atoms with Crippen LogP contribution in [0.4, 0.5) is 0 Å². The van der Waals surface area contributed by atoms with Gasteiger partial charge in [0.05, 0.1) is 33.2 Å². The van der Waals surface area contributed by atoms with Gasteiger partial charge in [0.15, 0.2) is 6.20 Å². The van der Waals surface area contributed by atoms with Crippen LogP contribution in [-0.4, -0.2) is 14.1 Å². The Hall–Kier alpha value is -8.08. The first kappa shape index (κ1) is 34.8. The van der Waals surface area contributed by atoms with Gasteiger partial charge in [-0.2, -0.15) is 4.57 Å². The topological polar surface area (TPSA) is 26.6 Å². The van der Waals surface area contributed by atoms with Crippen molar-refractivity contribution in [2.75, 3.05) is 0 Å². The van der Waals surface area contributed by atoms with Gasteiger partial charge in [-0.15, -0.1) is 0 Å². The minimum atomic E-state index is 0.125. The van der Waals surface area contributed by atoms with Crippen molar-refractivity contribution in [1.82, 2.24) is 14.1 Å². The molecule has 0 bridgehead atoms. The molecule has 3 heterocycles. The smallest absolute Gasteiger partial charge is 0.309 e. The molecule has 0 radical (unpaired) electrons. The van der Waals surface area contributed by atoms with Crippen LogP contribution >= 0.6 is 0 Å². The molecular formula is C58H39N4+. The molecule has 13 rings (SSSR count). The van der Waals surface area contributed by atoms with Crippen LogP contribution in [0.15, 0.2) is 225 Å². The highest BCUT2D eigenvalue weighted by Gasteiger charge is 2.42. The molecule has 3 aromatic heterocycles. The molecule has 0 N–H and O–H groups in total. The molecule has 0 fully saturated rings. The normalized spacial score (nSPS) is 15.9. The predicted octanol–water partition coefficient (Wildman–Crippen LogP) is 11.4. The van der Waals surface area contributed by atoms with Crippen molar-refractivity contribution in [1.29, 1.82) is 0 Å². The predicted molar refractivity (Wildman–Crippen MR) is 252 cm³/mol. The van der Waals surface area contributed by atoms with Gasteiger partial charge in [-0.1, -0.05) is 158 Å². The van der Waals surface area contributed by atoms with Crippen molar-refractivity contribution in [3.05, 3.63) is 246 Å². The molecule has 0 spiro atoms. The lowest BCUT2D eigenvalue weighted by atomic mass is 9.65. The molecule has 3 aliphatic rings. The molecule has 0 saturated carbocycles. The Morgan fingerprint density at radius 1 is 0.532 bits per heavy atom. The summed E-state index contributed by atoms with van der Waals surface area (Å²) in [5.74, 6) is 1.16. The summed E-state index contributed by atoms with van der Waals surface area (Å²) in [7, 11) is 0. The Labute approximate surface area is 359 Å². The van der Waals surface area contributed by atoms with E-state index in [1.54, 1.807) is 0 Å². The van der Waals surface area contributed by atoms with Gasteiger partial charge in [0.25, 0.3) is 0 Å². The SMILES string of the molecule is C1=CC2=c3c(c4ccccc4n3-c3ccccc3)=C3c4c(n(-c5cccc(-c6ncc(-c7ccccc7)c[n+]6-c6ccccc6)c5)c5ccccc45)-c4ccccc4C3C2C=C1. The second-order valence-corrected chi connectivity index (χ2v) is 16.5. The summed E-state index contributed by atoms with van der Waals surface area (Å²) in [6.45, 7) is 0. The third kappa shape index (κ3) is 5.07. The quantitative estimate of drug-likeness (QED) is 0.160. The van der Waals surface area contributed by atoms with Crippen molar-refractivity contribution in [2.45, 2.75) is 5.92 Å². The summed E-state index contributed by atoms with van der Waals surface area (Å²) in [5, 5.41) is 5.15. The molecule has 4 nitrogen and oxygen atoms in total. The maximum absolute atomic E-state index is 5.22. The third-order valence-electron chi connectivity index (χ3n) is 13.2. The van der Waals surface area contributed by atoms with Gasteiger partial charge in [0.2, 0.25) is 0 Å². The van der Waals surface area contributed by atoms with Crippen LogP contribution in [0.3, 0.4) is 0 Å². The van der Waals surface area contributed by atoms with E-state index in [1.165, 1.54) is 71.6 Å². The second-order valence-electron chi connectivity index (χ2n) is 16.5. The number of allylic oxidation sites excluding steroid dienone is 4. The Balaban J connectivity index is 1.13. The third-order valence-corrected chi connectivity index (χ3v) is 13.2. The fourth-order valence-electron chi connectivity index (χ4n) is 10.7. The molecule has 2 atom stereocenters. The van der Waals surface area contributed by atoms with E-state index >= 15 is 0 Å². The van der Waals surface area contributed by atoms with Crippen LogP contribution in [0.5, 0.6) is 0 Å². The Morgan fingerprint density at radius 2 is 1.19 bits per heavy atom. The Morgan fingerprint density at radius 3 is 2.02 bits per heavy atom. The zero-order chi connectivity index (χ0) is 40.7. The molecule has 62 heavy (non-hydrogen) atoms. The van der Waals surface area contributed by atoms with Crippen molar-refractivity contribution < 1.29 is 4.57 Å². The van der Waals surface area contributed by atoms with Crippen molar-refractivity contribution in [3.8, 4) is 50.8 Å². The summed E-state index contributed by atoms with van der Waals surface area (Å²) >= 11 is 0. The summed E-state index contributed by atoms with van der Waals surface area (Å²) in [6, 6.07) is 68.1. The van der Waals surface area contributed by atoms with Crippen molar-refractivity contribution in [3.63, 3.8) is 0 Å². The second kappa shape index (κ2) is 13.7. The molecule has 10 aromatic rings. The van der Waals surface area contributed by atoms with E-state index in [-0.39, 0.29) is 11.8 Å². The lowest BCUT2D eigenvalue weighted by molar-refractivity contribution is -0.586. The van der Waals surface area contributed by atoms with Gasteiger partial charge in [-0.3, -0.25) is 0 Å². The average Bonchev–Trinajstić information content (AvgIpc) is 3.89. The van der Waals surface area contributed by atoms with E-state index in [9.17, 15) is 0 Å². The minimum Gasteiger partial charge on any atom is -0.309 e. The van der Waals surface area contributed by atoms with E-state index in [0.29, 0.717) is 0 Å². The molecule has 290 valence electrons. The number of nitrogens with zero attached hydrogens (tertiary/aromatic N) is 4. The largest absolute Gasteiger partial charge is 0.335 e. The van der Waals surface area contributed by atoms with Crippen molar-refractivity contribution >= 4 is 33.0 Å². The number of hydrogen-bond acceptors (Lipinski definition) is 1. The minimum absolute atomic E-state index is 0.125. The van der Waals surface area contributed by atoms with Crippen LogP contribution in [0.1, 0.15) is 17.0 Å². The number of para-hydroxylation sites is 4. The maximum Gasteiger partial charge on any atom is 0.335 e. The van der Waals surface area contributed by atoms with Crippen LogP contribution in [0.25, 0.3) is 83.8 Å². The highest BCUT2D eigenvalue weighted by atomic mass is 15.1. The van der Waals surface area contributed by atoms with Gasteiger partial charge >= 0.3 is 5.82 Å². The number of benzene rings is 7.